The molecule has 0 aliphatic heterocycles. The van der Waals surface area contributed by atoms with Gasteiger partial charge in [0, 0.05) is 11.6 Å². The number of hydrogen-bond donors (Lipinski definition) is 2. The smallest absolute Gasteiger partial charge is 0.315 e. The molecule has 2 aromatic carbocycles. The molecule has 0 spiro atoms. The van der Waals surface area contributed by atoms with Gasteiger partial charge in [0.1, 0.15) is 5.75 Å². The maximum absolute atomic E-state index is 11.8. The molecule has 0 fully saturated rings. The number of aryl methyl sites for hydroxylation is 1. The van der Waals surface area contributed by atoms with E-state index in [4.69, 9.17) is 9.47 Å². The summed E-state index contributed by atoms with van der Waals surface area (Å²) >= 11 is 0. The summed E-state index contributed by atoms with van der Waals surface area (Å²) in [6.07, 6.45) is 1.20. The van der Waals surface area contributed by atoms with Crippen LogP contribution < -0.4 is 14.9 Å². The van der Waals surface area contributed by atoms with Crippen molar-refractivity contribution in [3.05, 3.63) is 57.1 Å². The van der Waals surface area contributed by atoms with Crippen molar-refractivity contribution in [1.29, 1.82) is 0 Å². The molecule has 2 rings (SSSR count). The van der Waals surface area contributed by atoms with E-state index in [1.165, 1.54) is 19.4 Å². The highest BCUT2D eigenvalue weighted by Crippen LogP contribution is 2.36. The molecule has 0 heterocycles. The molecule has 0 atom stereocenters. The second-order valence-corrected chi connectivity index (χ2v) is 5.63. The van der Waals surface area contributed by atoms with Crippen LogP contribution in [0.3, 0.4) is 0 Å². The monoisotopic (exact) mass is 373 g/mol. The zero-order valence-electron chi connectivity index (χ0n) is 15.1. The summed E-state index contributed by atoms with van der Waals surface area (Å²) in [4.78, 5) is 22.0. The lowest BCUT2D eigenvalue weighted by Crippen LogP contribution is -2.24. The van der Waals surface area contributed by atoms with Crippen molar-refractivity contribution < 1.29 is 24.3 Å². The predicted octanol–water partition coefficient (Wildman–Crippen LogP) is 2.45. The zero-order chi connectivity index (χ0) is 20.0. The number of benzene rings is 2. The lowest BCUT2D eigenvalue weighted by molar-refractivity contribution is -0.386. The number of nitro benzene ring substituents is 1. The summed E-state index contributed by atoms with van der Waals surface area (Å²) < 4.78 is 10.3. The van der Waals surface area contributed by atoms with Crippen LogP contribution in [0.25, 0.3) is 0 Å². The molecule has 27 heavy (non-hydrogen) atoms. The molecule has 142 valence electrons. The van der Waals surface area contributed by atoms with Crippen molar-refractivity contribution in [2.24, 2.45) is 5.10 Å². The van der Waals surface area contributed by atoms with Gasteiger partial charge >= 0.3 is 5.69 Å². The van der Waals surface area contributed by atoms with E-state index < -0.39 is 22.3 Å². The number of hydrazone groups is 1. The van der Waals surface area contributed by atoms with Gasteiger partial charge in [0.25, 0.3) is 5.91 Å². The number of methoxy groups -OCH3 is 1. The van der Waals surface area contributed by atoms with E-state index in [0.29, 0.717) is 5.75 Å². The standard InChI is InChI=1S/C18H19N3O6/c1-11-5-4-6-15(12(11)2)27-10-17(22)20-19-9-13-7-14(21(24)25)18(23)16(8-13)26-3/h4-9,23H,10H2,1-3H3,(H,20,22)/b19-9+. The summed E-state index contributed by atoms with van der Waals surface area (Å²) in [7, 11) is 1.27. The normalized spacial score (nSPS) is 10.6. The van der Waals surface area contributed by atoms with Crippen LogP contribution in [-0.2, 0) is 4.79 Å². The van der Waals surface area contributed by atoms with Crippen molar-refractivity contribution >= 4 is 17.8 Å². The van der Waals surface area contributed by atoms with Crippen LogP contribution in [0.2, 0.25) is 0 Å². The van der Waals surface area contributed by atoms with Gasteiger partial charge in [0.15, 0.2) is 12.4 Å². The Morgan fingerprint density at radius 1 is 1.33 bits per heavy atom. The highest BCUT2D eigenvalue weighted by Gasteiger charge is 2.19. The van der Waals surface area contributed by atoms with Gasteiger partial charge in [-0.3, -0.25) is 14.9 Å². The minimum atomic E-state index is -0.744. The summed E-state index contributed by atoms with van der Waals surface area (Å²) in [5, 5.41) is 24.4. The number of ether oxygens (including phenoxy) is 2. The van der Waals surface area contributed by atoms with E-state index in [2.05, 4.69) is 10.5 Å². The minimum Gasteiger partial charge on any atom is -0.500 e. The fourth-order valence-electron chi connectivity index (χ4n) is 2.22. The van der Waals surface area contributed by atoms with E-state index in [1.807, 2.05) is 26.0 Å². The van der Waals surface area contributed by atoms with Crippen LogP contribution in [0.4, 0.5) is 5.69 Å². The Hall–Kier alpha value is -3.62. The molecule has 0 unspecified atom stereocenters. The van der Waals surface area contributed by atoms with E-state index >= 15 is 0 Å². The number of phenols is 1. The SMILES string of the molecule is COc1cc(/C=N/NC(=O)COc2cccc(C)c2C)cc([N+](=O)[O-])c1O. The van der Waals surface area contributed by atoms with Gasteiger partial charge in [-0.25, -0.2) is 5.43 Å². The lowest BCUT2D eigenvalue weighted by atomic mass is 10.1. The Kier molecular flexibility index (Phi) is 6.32. The number of carbonyl (C=O) groups excluding carboxylic acids is 1. The lowest BCUT2D eigenvalue weighted by Gasteiger charge is -2.09. The van der Waals surface area contributed by atoms with Gasteiger partial charge in [-0.1, -0.05) is 12.1 Å². The maximum Gasteiger partial charge on any atom is 0.315 e. The Bertz CT molecular complexity index is 895. The largest absolute Gasteiger partial charge is 0.500 e. The van der Waals surface area contributed by atoms with Crippen LogP contribution in [0, 0.1) is 24.0 Å². The number of rotatable bonds is 7. The highest BCUT2D eigenvalue weighted by atomic mass is 16.6. The van der Waals surface area contributed by atoms with Crippen LogP contribution in [0.15, 0.2) is 35.4 Å². The number of nitrogens with zero attached hydrogens (tertiary/aromatic N) is 2. The van der Waals surface area contributed by atoms with Gasteiger partial charge in [0.2, 0.25) is 5.75 Å². The fourth-order valence-corrected chi connectivity index (χ4v) is 2.22. The van der Waals surface area contributed by atoms with Crippen molar-refractivity contribution in [3.8, 4) is 17.2 Å². The summed E-state index contributed by atoms with van der Waals surface area (Å²) in [5.41, 5.74) is 4.00. The van der Waals surface area contributed by atoms with Crippen molar-refractivity contribution in [2.45, 2.75) is 13.8 Å². The van der Waals surface area contributed by atoms with E-state index in [1.54, 1.807) is 6.07 Å². The number of phenolic OH excluding ortho intramolecular Hbond substituents is 1. The summed E-state index contributed by atoms with van der Waals surface area (Å²) in [5.74, 6) is -0.540. The van der Waals surface area contributed by atoms with Crippen LogP contribution in [-0.4, -0.2) is 35.9 Å². The Labute approximate surface area is 155 Å². The molecule has 0 saturated carbocycles. The van der Waals surface area contributed by atoms with Crippen molar-refractivity contribution in [3.63, 3.8) is 0 Å². The number of aromatic hydroxyl groups is 1. The van der Waals surface area contributed by atoms with E-state index in [0.717, 1.165) is 17.2 Å². The zero-order valence-corrected chi connectivity index (χ0v) is 15.1. The van der Waals surface area contributed by atoms with Crippen LogP contribution in [0.1, 0.15) is 16.7 Å². The van der Waals surface area contributed by atoms with E-state index in [9.17, 15) is 20.0 Å². The van der Waals surface area contributed by atoms with Crippen molar-refractivity contribution in [1.82, 2.24) is 5.43 Å². The molecule has 2 aromatic rings. The third-order valence-corrected chi connectivity index (χ3v) is 3.81. The molecule has 0 radical (unpaired) electrons. The van der Waals surface area contributed by atoms with Crippen LogP contribution in [0.5, 0.6) is 17.2 Å². The number of carbonyl (C=O) groups is 1. The molecule has 0 aliphatic carbocycles. The first kappa shape index (κ1) is 19.7. The Morgan fingerprint density at radius 2 is 2.07 bits per heavy atom. The third-order valence-electron chi connectivity index (χ3n) is 3.81. The molecule has 9 nitrogen and oxygen atoms in total. The van der Waals surface area contributed by atoms with Gasteiger partial charge < -0.3 is 14.6 Å². The average Bonchev–Trinajstić information content (AvgIpc) is 2.63. The van der Waals surface area contributed by atoms with Crippen LogP contribution >= 0.6 is 0 Å². The molecule has 0 aliphatic rings. The topological polar surface area (TPSA) is 123 Å². The molecule has 0 bridgehead atoms. The quantitative estimate of drug-likeness (QED) is 0.436. The maximum atomic E-state index is 11.8. The number of hydrogen-bond acceptors (Lipinski definition) is 7. The Balaban J connectivity index is 2.00. The van der Waals surface area contributed by atoms with Gasteiger partial charge in [-0.15, -0.1) is 0 Å². The first-order chi connectivity index (χ1) is 12.8. The van der Waals surface area contributed by atoms with Gasteiger partial charge in [0.05, 0.1) is 18.2 Å². The molecule has 9 heteroatoms. The number of nitrogens with one attached hydrogen (secondary N) is 1. The molecule has 1 amide bonds. The summed E-state index contributed by atoms with van der Waals surface area (Å²) in [6, 6.07) is 8.00. The van der Waals surface area contributed by atoms with Gasteiger partial charge in [-0.2, -0.15) is 5.10 Å². The Morgan fingerprint density at radius 3 is 2.74 bits per heavy atom. The number of nitro groups is 1. The first-order valence-electron chi connectivity index (χ1n) is 7.89. The fraction of sp³-hybridized carbons (Fsp3) is 0.222. The molecule has 0 aromatic heterocycles. The average molecular weight is 373 g/mol. The second-order valence-electron chi connectivity index (χ2n) is 5.63. The third kappa shape index (κ3) is 4.94. The summed E-state index contributed by atoms with van der Waals surface area (Å²) in [6.45, 7) is 3.60. The van der Waals surface area contributed by atoms with E-state index in [-0.39, 0.29) is 17.9 Å². The molecular weight excluding hydrogens is 354 g/mol. The number of amides is 1. The van der Waals surface area contributed by atoms with Crippen molar-refractivity contribution in [2.75, 3.05) is 13.7 Å². The first-order valence-corrected chi connectivity index (χ1v) is 7.89. The molecule has 2 N–H and O–H groups in total. The predicted molar refractivity (Wildman–Crippen MR) is 98.5 cm³/mol. The molecule has 0 saturated heterocycles. The minimum absolute atomic E-state index is 0.0739. The van der Waals surface area contributed by atoms with Gasteiger partial charge in [-0.05, 0) is 37.1 Å². The molecular formula is C18H19N3O6. The highest BCUT2D eigenvalue weighted by molar-refractivity contribution is 5.85. The second kappa shape index (κ2) is 8.65.